The third-order valence-corrected chi connectivity index (χ3v) is 13.6. The Balaban J connectivity index is 0.743. The largest absolute Gasteiger partial charge is 0.485 e. The number of nitrogens with one attached hydrogen (secondary N) is 2. The highest BCUT2D eigenvalue weighted by atomic mass is 19.4. The maximum atomic E-state index is 13.9. The number of ether oxygens (including phenoxy) is 2. The van der Waals surface area contributed by atoms with Gasteiger partial charge in [-0.15, -0.1) is 0 Å². The lowest BCUT2D eigenvalue weighted by Crippen LogP contribution is -2.54. The van der Waals surface area contributed by atoms with Gasteiger partial charge in [-0.1, -0.05) is 6.07 Å². The summed E-state index contributed by atoms with van der Waals surface area (Å²) in [6.45, 7) is 6.02. The van der Waals surface area contributed by atoms with Gasteiger partial charge >= 0.3 is 6.18 Å². The number of H-pyrrole nitrogens is 1. The molecule has 6 aliphatic heterocycles. The predicted octanol–water partition coefficient (Wildman–Crippen LogP) is 5.14. The van der Waals surface area contributed by atoms with E-state index < -0.39 is 36.3 Å². The predicted molar refractivity (Wildman–Crippen MR) is 210 cm³/mol. The Morgan fingerprint density at radius 3 is 2.51 bits per heavy atom. The smallest absolute Gasteiger partial charge is 0.401 e. The van der Waals surface area contributed by atoms with Gasteiger partial charge in [0.05, 0.1) is 48.4 Å². The molecule has 8 heterocycles. The number of carbonyl (C=O) groups excluding carboxylic acids is 3. The number of alkyl halides is 3. The summed E-state index contributed by atoms with van der Waals surface area (Å²) in [4.78, 5) is 50.3. The maximum Gasteiger partial charge on any atom is 0.401 e. The molecule has 3 amide bonds. The third-order valence-electron chi connectivity index (χ3n) is 13.6. The van der Waals surface area contributed by atoms with Crippen LogP contribution in [0.1, 0.15) is 84.2 Å². The van der Waals surface area contributed by atoms with E-state index in [1.54, 1.807) is 18.3 Å². The Labute approximate surface area is 339 Å². The standard InChI is InChI=1S/C43H47F3N8O5/c1-25-18-30-28(3-6-33-31(30)20-48-50-33)38(54(25)23-43(44,45)46)34-5-2-27(19-47-34)52-14-10-26(11-15-52)21-51-16-12-42(13-17-51)24-58-39-32-22-53(35-7-9-37(55)49-40(35)56)41(57)29(32)4-8-36(39)59-42/h2-6,8,19-20,25-26,35,38H,7,9-18,21-24H2,1H3,(H,48,50)(H,49,55,56)/t25-,35+,38+/m1/s1. The monoisotopic (exact) mass is 812 g/mol. The van der Waals surface area contributed by atoms with E-state index in [0.717, 1.165) is 91.7 Å². The van der Waals surface area contributed by atoms with Crippen molar-refractivity contribution < 1.29 is 37.0 Å². The number of hydrogen-bond donors (Lipinski definition) is 2. The summed E-state index contributed by atoms with van der Waals surface area (Å²) in [5, 5.41) is 10.5. The number of benzene rings is 2. The first-order chi connectivity index (χ1) is 28.4. The normalized spacial score (nSPS) is 25.1. The topological polar surface area (TPSA) is 136 Å². The molecule has 3 fully saturated rings. The van der Waals surface area contributed by atoms with Crippen molar-refractivity contribution in [2.24, 2.45) is 5.92 Å². The average molecular weight is 813 g/mol. The summed E-state index contributed by atoms with van der Waals surface area (Å²) in [5.41, 5.74) is 5.14. The SMILES string of the molecule is C[C@@H]1Cc2c(ccc3[nH]ncc23)[C@@H](c2ccc(N3CCC(CN4CCC5(CC4)COc4c(ccc6c4CN([C@H]4CCC(=O)NC4=O)C6=O)O5)CC3)cn2)N1CC(F)(F)F. The van der Waals surface area contributed by atoms with E-state index in [-0.39, 0.29) is 30.8 Å². The van der Waals surface area contributed by atoms with Crippen molar-refractivity contribution in [3.8, 4) is 11.5 Å². The van der Waals surface area contributed by atoms with Crippen LogP contribution >= 0.6 is 0 Å². The summed E-state index contributed by atoms with van der Waals surface area (Å²) in [6.07, 6.45) is 3.95. The van der Waals surface area contributed by atoms with Crippen molar-refractivity contribution >= 4 is 34.3 Å². The zero-order valence-corrected chi connectivity index (χ0v) is 32.9. The molecule has 0 saturated carbocycles. The van der Waals surface area contributed by atoms with Crippen molar-refractivity contribution in [3.63, 3.8) is 0 Å². The van der Waals surface area contributed by atoms with E-state index in [9.17, 15) is 27.6 Å². The molecule has 2 N–H and O–H groups in total. The van der Waals surface area contributed by atoms with Crippen LogP contribution < -0.4 is 19.7 Å². The molecule has 2 aromatic carbocycles. The van der Waals surface area contributed by atoms with Crippen molar-refractivity contribution in [3.05, 3.63) is 76.7 Å². The summed E-state index contributed by atoms with van der Waals surface area (Å²) >= 11 is 0. The number of halogens is 3. The maximum absolute atomic E-state index is 13.9. The van der Waals surface area contributed by atoms with Crippen LogP contribution in [0.25, 0.3) is 10.9 Å². The van der Waals surface area contributed by atoms with Crippen molar-refractivity contribution in [2.75, 3.05) is 50.8 Å². The first-order valence-corrected chi connectivity index (χ1v) is 20.7. The minimum Gasteiger partial charge on any atom is -0.485 e. The fraction of sp³-hybridized carbons (Fsp3) is 0.512. The lowest BCUT2D eigenvalue weighted by atomic mass is 9.85. The van der Waals surface area contributed by atoms with Crippen LogP contribution in [0.15, 0.2) is 48.8 Å². The van der Waals surface area contributed by atoms with Gasteiger partial charge in [-0.2, -0.15) is 18.3 Å². The number of piperidine rings is 3. The van der Waals surface area contributed by atoms with Gasteiger partial charge in [0.1, 0.15) is 18.2 Å². The molecule has 0 aliphatic carbocycles. The Kier molecular flexibility index (Phi) is 9.34. The van der Waals surface area contributed by atoms with Gasteiger partial charge in [0.25, 0.3) is 5.91 Å². The molecular weight excluding hydrogens is 766 g/mol. The highest BCUT2D eigenvalue weighted by Gasteiger charge is 2.46. The highest BCUT2D eigenvalue weighted by Crippen LogP contribution is 2.46. The molecule has 4 aromatic rings. The van der Waals surface area contributed by atoms with E-state index in [1.807, 2.05) is 37.4 Å². The molecule has 2 aromatic heterocycles. The van der Waals surface area contributed by atoms with E-state index >= 15 is 0 Å². The molecule has 0 radical (unpaired) electrons. The van der Waals surface area contributed by atoms with Crippen LogP contribution in [0.3, 0.4) is 0 Å². The van der Waals surface area contributed by atoms with Gasteiger partial charge < -0.3 is 24.2 Å². The number of anilines is 1. The molecule has 0 unspecified atom stereocenters. The number of hydrogen-bond acceptors (Lipinski definition) is 10. The molecule has 3 saturated heterocycles. The summed E-state index contributed by atoms with van der Waals surface area (Å²) in [7, 11) is 0. The van der Waals surface area contributed by atoms with Gasteiger partial charge in [0, 0.05) is 74.5 Å². The zero-order chi connectivity index (χ0) is 40.6. The number of fused-ring (bicyclic) bond motifs is 6. The fourth-order valence-corrected chi connectivity index (χ4v) is 10.4. The number of aromatic nitrogens is 3. The molecule has 1 spiro atoms. The molecule has 13 nitrogen and oxygen atoms in total. The highest BCUT2D eigenvalue weighted by molar-refractivity contribution is 6.06. The lowest BCUT2D eigenvalue weighted by molar-refractivity contribution is -0.155. The Hall–Kier alpha value is -5.22. The van der Waals surface area contributed by atoms with Crippen LogP contribution in [0.5, 0.6) is 11.5 Å². The van der Waals surface area contributed by atoms with E-state index in [2.05, 4.69) is 25.3 Å². The second kappa shape index (κ2) is 14.5. The van der Waals surface area contributed by atoms with E-state index in [4.69, 9.17) is 14.5 Å². The Morgan fingerprint density at radius 2 is 1.76 bits per heavy atom. The molecule has 6 aliphatic rings. The van der Waals surface area contributed by atoms with E-state index in [0.29, 0.717) is 48.1 Å². The molecule has 10 rings (SSSR count). The molecule has 16 heteroatoms. The second-order valence-corrected chi connectivity index (χ2v) is 17.3. The van der Waals surface area contributed by atoms with Gasteiger partial charge in [0.15, 0.2) is 11.5 Å². The number of rotatable bonds is 6. The first kappa shape index (κ1) is 38.0. The Bertz CT molecular complexity index is 2300. The molecule has 3 atom stereocenters. The molecule has 310 valence electrons. The Morgan fingerprint density at radius 1 is 0.949 bits per heavy atom. The molecule has 0 bridgehead atoms. The van der Waals surface area contributed by atoms with E-state index in [1.165, 1.54) is 9.80 Å². The number of aromatic amines is 1. The quantitative estimate of drug-likeness (QED) is 0.252. The minimum atomic E-state index is -4.34. The van der Waals surface area contributed by atoms with Crippen LogP contribution in [-0.4, -0.2) is 117 Å². The van der Waals surface area contributed by atoms with Crippen LogP contribution in [0, 0.1) is 5.92 Å². The summed E-state index contributed by atoms with van der Waals surface area (Å²) < 4.78 is 54.8. The summed E-state index contributed by atoms with van der Waals surface area (Å²) in [6, 6.07) is 9.65. The number of pyridine rings is 1. The third kappa shape index (κ3) is 6.97. The molecule has 59 heavy (non-hydrogen) atoms. The number of carbonyl (C=O) groups is 3. The number of nitrogens with zero attached hydrogens (tertiary/aromatic N) is 6. The first-order valence-electron chi connectivity index (χ1n) is 20.7. The fourth-order valence-electron chi connectivity index (χ4n) is 10.4. The van der Waals surface area contributed by atoms with Crippen LogP contribution in [0.2, 0.25) is 0 Å². The van der Waals surface area contributed by atoms with Gasteiger partial charge in [-0.3, -0.25) is 34.7 Å². The van der Waals surface area contributed by atoms with Crippen LogP contribution in [0.4, 0.5) is 18.9 Å². The van der Waals surface area contributed by atoms with Crippen molar-refractivity contribution in [2.45, 2.75) is 88.3 Å². The average Bonchev–Trinajstić information content (AvgIpc) is 3.84. The minimum absolute atomic E-state index is 0.201. The number of likely N-dealkylation sites (tertiary alicyclic amines) is 1. The van der Waals surface area contributed by atoms with Crippen molar-refractivity contribution in [1.29, 1.82) is 0 Å². The second-order valence-electron chi connectivity index (χ2n) is 17.3. The number of imide groups is 1. The lowest BCUT2D eigenvalue weighted by Gasteiger charge is -2.45. The van der Waals surface area contributed by atoms with Crippen LogP contribution in [-0.2, 0) is 22.6 Å². The van der Waals surface area contributed by atoms with Gasteiger partial charge in [-0.25, -0.2) is 0 Å². The van der Waals surface area contributed by atoms with Gasteiger partial charge in [0.2, 0.25) is 11.8 Å². The number of amides is 3. The molecular formula is C43H47F3N8O5. The van der Waals surface area contributed by atoms with Crippen molar-refractivity contribution in [1.82, 2.24) is 35.2 Å². The van der Waals surface area contributed by atoms with Gasteiger partial charge in [-0.05, 0) is 80.0 Å². The summed E-state index contributed by atoms with van der Waals surface area (Å²) in [5.74, 6) is 0.753. The zero-order valence-electron chi connectivity index (χ0n) is 32.9.